The van der Waals surface area contributed by atoms with Crippen LogP contribution in [-0.2, 0) is 0 Å². The molecule has 1 aromatic heterocycles. The van der Waals surface area contributed by atoms with Gasteiger partial charge < -0.3 is 4.74 Å². The fourth-order valence-electron chi connectivity index (χ4n) is 2.48. The number of nitrogens with zero attached hydrogens (tertiary/aromatic N) is 4. The zero-order chi connectivity index (χ0) is 18.5. The number of aromatic nitrogens is 2. The number of nitrogens with one attached hydrogen (secondary N) is 2. The Kier molecular flexibility index (Phi) is 5.50. The molecule has 8 heteroatoms. The van der Waals surface area contributed by atoms with Crippen molar-refractivity contribution in [2.24, 2.45) is 5.10 Å². The Balaban J connectivity index is 0.000000236. The first-order valence-corrected chi connectivity index (χ1v) is 8.32. The lowest BCUT2D eigenvalue weighted by Crippen LogP contribution is -2.36. The van der Waals surface area contributed by atoms with E-state index in [1.807, 2.05) is 62.5 Å². The summed E-state index contributed by atoms with van der Waals surface area (Å²) in [6, 6.07) is 15.6. The molecule has 0 saturated carbocycles. The van der Waals surface area contributed by atoms with Crippen LogP contribution in [0.25, 0.3) is 22.0 Å². The number of hydrogen-bond donors (Lipinski definition) is 2. The molecule has 0 radical (unpaired) electrons. The molecule has 134 valence electrons. The average Bonchev–Trinajstić information content (AvgIpc) is 3.06. The van der Waals surface area contributed by atoms with Crippen LogP contribution in [0.4, 0.5) is 0 Å². The maximum Gasteiger partial charge on any atom is 0.159 e. The molecule has 0 bridgehead atoms. The summed E-state index contributed by atoms with van der Waals surface area (Å²) in [6.45, 7) is 1.89. The molecule has 26 heavy (non-hydrogen) atoms. The summed E-state index contributed by atoms with van der Waals surface area (Å²) >= 11 is 6.12. The van der Waals surface area contributed by atoms with Crippen LogP contribution < -0.4 is 15.7 Å². The van der Waals surface area contributed by atoms with Gasteiger partial charge in [-0.15, -0.1) is 20.4 Å². The minimum atomic E-state index is 0.383. The summed E-state index contributed by atoms with van der Waals surface area (Å²) in [4.78, 5) is 0. The number of hydrogen-bond acceptors (Lipinski definition) is 7. The highest BCUT2D eigenvalue weighted by atomic mass is 35.5. The molecule has 2 heterocycles. The Morgan fingerprint density at radius 2 is 1.81 bits per heavy atom. The van der Waals surface area contributed by atoms with Crippen molar-refractivity contribution in [2.75, 3.05) is 14.2 Å². The smallest absolute Gasteiger partial charge is 0.159 e. The van der Waals surface area contributed by atoms with E-state index in [0.717, 1.165) is 33.6 Å². The third-order valence-electron chi connectivity index (χ3n) is 3.69. The van der Waals surface area contributed by atoms with E-state index in [9.17, 15) is 0 Å². The minimum Gasteiger partial charge on any atom is -0.497 e. The number of halogens is 1. The van der Waals surface area contributed by atoms with Crippen molar-refractivity contribution in [3.8, 4) is 17.0 Å². The lowest BCUT2D eigenvalue weighted by Gasteiger charge is -2.07. The van der Waals surface area contributed by atoms with Crippen LogP contribution in [0.3, 0.4) is 0 Å². The third-order valence-corrected chi connectivity index (χ3v) is 3.97. The molecule has 0 saturated heterocycles. The van der Waals surface area contributed by atoms with Crippen LogP contribution in [0.2, 0.25) is 5.15 Å². The maximum atomic E-state index is 6.12. The predicted molar refractivity (Wildman–Crippen MR) is 104 cm³/mol. The second-order valence-electron chi connectivity index (χ2n) is 5.58. The van der Waals surface area contributed by atoms with Gasteiger partial charge in [-0.2, -0.15) is 0 Å². The van der Waals surface area contributed by atoms with Crippen molar-refractivity contribution >= 4 is 28.2 Å². The van der Waals surface area contributed by atoms with E-state index in [0.29, 0.717) is 5.15 Å². The molecule has 1 aliphatic rings. The third kappa shape index (κ3) is 4.01. The van der Waals surface area contributed by atoms with Crippen LogP contribution in [-0.4, -0.2) is 35.3 Å². The Labute approximate surface area is 156 Å². The second kappa shape index (κ2) is 7.99. The summed E-state index contributed by atoms with van der Waals surface area (Å²) in [7, 11) is 3.47. The zero-order valence-corrected chi connectivity index (χ0v) is 15.4. The molecular formula is C18H19ClN6O. The van der Waals surface area contributed by atoms with Gasteiger partial charge >= 0.3 is 0 Å². The molecule has 1 aliphatic heterocycles. The van der Waals surface area contributed by atoms with Crippen molar-refractivity contribution < 1.29 is 4.74 Å². The summed E-state index contributed by atoms with van der Waals surface area (Å²) in [5, 5.41) is 15.9. The first-order valence-electron chi connectivity index (χ1n) is 7.94. The van der Waals surface area contributed by atoms with Gasteiger partial charge in [-0.1, -0.05) is 41.9 Å². The molecule has 0 unspecified atom stereocenters. The van der Waals surface area contributed by atoms with E-state index in [1.165, 1.54) is 0 Å². The largest absolute Gasteiger partial charge is 0.497 e. The van der Waals surface area contributed by atoms with Gasteiger partial charge in [0.25, 0.3) is 0 Å². The highest BCUT2D eigenvalue weighted by molar-refractivity contribution is 6.34. The van der Waals surface area contributed by atoms with E-state index in [-0.39, 0.29) is 0 Å². The minimum absolute atomic E-state index is 0.383. The summed E-state index contributed by atoms with van der Waals surface area (Å²) < 4.78 is 5.22. The fourth-order valence-corrected chi connectivity index (χ4v) is 2.68. The van der Waals surface area contributed by atoms with Crippen LogP contribution in [0.15, 0.2) is 53.6 Å². The van der Waals surface area contributed by atoms with Crippen molar-refractivity contribution in [1.82, 2.24) is 26.3 Å². The van der Waals surface area contributed by atoms with Gasteiger partial charge in [-0.25, -0.2) is 5.53 Å². The normalized spacial score (nSPS) is 13.3. The van der Waals surface area contributed by atoms with Gasteiger partial charge in [0.2, 0.25) is 0 Å². The van der Waals surface area contributed by atoms with E-state index in [4.69, 9.17) is 16.3 Å². The second-order valence-corrected chi connectivity index (χ2v) is 5.94. The number of benzene rings is 2. The highest BCUT2D eigenvalue weighted by Gasteiger charge is 2.10. The fraction of sp³-hybridized carbons (Fsp3) is 0.167. The number of hydrazine groups is 2. The van der Waals surface area contributed by atoms with Gasteiger partial charge in [-0.3, -0.25) is 5.43 Å². The van der Waals surface area contributed by atoms with Gasteiger partial charge in [-0.05, 0) is 25.1 Å². The Morgan fingerprint density at radius 3 is 2.38 bits per heavy atom. The number of fused-ring (bicyclic) bond motifs is 1. The quantitative estimate of drug-likeness (QED) is 0.721. The number of rotatable bonds is 2. The molecule has 3 aromatic rings. The van der Waals surface area contributed by atoms with E-state index >= 15 is 0 Å². The zero-order valence-electron chi connectivity index (χ0n) is 14.7. The van der Waals surface area contributed by atoms with Crippen molar-refractivity contribution in [2.45, 2.75) is 6.92 Å². The van der Waals surface area contributed by atoms with Crippen molar-refractivity contribution in [1.29, 1.82) is 0 Å². The predicted octanol–water partition coefficient (Wildman–Crippen LogP) is 3.23. The lowest BCUT2D eigenvalue weighted by atomic mass is 10.1. The highest BCUT2D eigenvalue weighted by Crippen LogP contribution is 2.31. The van der Waals surface area contributed by atoms with E-state index < -0.39 is 0 Å². The lowest BCUT2D eigenvalue weighted by molar-refractivity contribution is 0.231. The molecule has 0 aliphatic carbocycles. The molecular weight excluding hydrogens is 352 g/mol. The van der Waals surface area contributed by atoms with Gasteiger partial charge in [0.1, 0.15) is 17.3 Å². The van der Waals surface area contributed by atoms with Crippen LogP contribution >= 0.6 is 11.6 Å². The SMILES string of the molecule is CC1=NNN(C)N1.COc1ccc2c(-c3ccccc3)nnc(Cl)c2c1. The number of ether oxygens (including phenoxy) is 1. The van der Waals surface area contributed by atoms with Gasteiger partial charge in [0, 0.05) is 23.4 Å². The average molecular weight is 371 g/mol. The molecule has 0 amide bonds. The summed E-state index contributed by atoms with van der Waals surface area (Å²) in [5.74, 6) is 1.64. The van der Waals surface area contributed by atoms with Crippen molar-refractivity contribution in [3.63, 3.8) is 0 Å². The van der Waals surface area contributed by atoms with Crippen LogP contribution in [0.5, 0.6) is 5.75 Å². The Bertz CT molecular complexity index is 932. The maximum absolute atomic E-state index is 6.12. The first kappa shape index (κ1) is 17.9. The summed E-state index contributed by atoms with van der Waals surface area (Å²) in [6.07, 6.45) is 0. The van der Waals surface area contributed by atoms with Gasteiger partial charge in [0.05, 0.1) is 7.11 Å². The van der Waals surface area contributed by atoms with Gasteiger partial charge in [0.15, 0.2) is 5.15 Å². The topological polar surface area (TPSA) is 74.7 Å². The molecule has 0 spiro atoms. The number of hydrazone groups is 1. The number of methoxy groups -OCH3 is 1. The molecule has 4 rings (SSSR count). The molecule has 2 N–H and O–H groups in total. The molecule has 0 atom stereocenters. The molecule has 2 aromatic carbocycles. The number of amidine groups is 1. The van der Waals surface area contributed by atoms with E-state index in [1.54, 1.807) is 12.2 Å². The Morgan fingerprint density at radius 1 is 1.04 bits per heavy atom. The first-order chi connectivity index (χ1) is 12.6. The summed E-state index contributed by atoms with van der Waals surface area (Å²) in [5.41, 5.74) is 7.41. The Hall–Kier alpha value is -2.90. The van der Waals surface area contributed by atoms with Crippen molar-refractivity contribution in [3.05, 3.63) is 53.7 Å². The van der Waals surface area contributed by atoms with Crippen LogP contribution in [0, 0.1) is 0 Å². The molecule has 7 nitrogen and oxygen atoms in total. The monoisotopic (exact) mass is 370 g/mol. The van der Waals surface area contributed by atoms with E-state index in [2.05, 4.69) is 26.3 Å². The molecule has 0 fully saturated rings. The standard InChI is InChI=1S/C15H11ClN2O.C3H8N4/c1-19-11-7-8-12-13(9-11)15(16)18-17-14(12)10-5-3-2-4-6-10;1-3-4-6-7(2)5-3/h2-9H,1H3;6H,1-2H3,(H,4,5). The van der Waals surface area contributed by atoms with Crippen LogP contribution in [0.1, 0.15) is 6.92 Å².